The lowest BCUT2D eigenvalue weighted by atomic mass is 10.2. The third-order valence-electron chi connectivity index (χ3n) is 2.51. The van der Waals surface area contributed by atoms with Gasteiger partial charge in [0, 0.05) is 25.2 Å². The molecule has 1 aromatic carbocycles. The van der Waals surface area contributed by atoms with Gasteiger partial charge in [0.2, 0.25) is 0 Å². The van der Waals surface area contributed by atoms with Gasteiger partial charge in [-0.25, -0.2) is 9.67 Å². The second-order valence-corrected chi connectivity index (χ2v) is 4.22. The Morgan fingerprint density at radius 2 is 2.33 bits per heavy atom. The maximum atomic E-state index is 6.02. The molecule has 5 nitrogen and oxygen atoms in total. The third kappa shape index (κ3) is 3.29. The molecule has 0 spiro atoms. The van der Waals surface area contributed by atoms with Crippen molar-refractivity contribution in [3.8, 4) is 5.69 Å². The standard InChI is InChI=1S/C12H15ClN4O/c1-18-5-4-14-7-10-6-11(13)2-3-12(10)17-9-15-8-16-17/h2-3,6,8-9,14H,4-5,7H2,1H3. The number of ether oxygens (including phenoxy) is 1. The fraction of sp³-hybridized carbons (Fsp3) is 0.333. The van der Waals surface area contributed by atoms with Crippen molar-refractivity contribution in [2.45, 2.75) is 6.54 Å². The zero-order chi connectivity index (χ0) is 12.8. The van der Waals surface area contributed by atoms with Crippen LogP contribution in [0.15, 0.2) is 30.9 Å². The van der Waals surface area contributed by atoms with Gasteiger partial charge in [0.1, 0.15) is 12.7 Å². The van der Waals surface area contributed by atoms with E-state index in [0.29, 0.717) is 18.2 Å². The van der Waals surface area contributed by atoms with Gasteiger partial charge in [-0.1, -0.05) is 11.6 Å². The van der Waals surface area contributed by atoms with Gasteiger partial charge in [-0.3, -0.25) is 0 Å². The van der Waals surface area contributed by atoms with Crippen LogP contribution in [-0.4, -0.2) is 35.0 Å². The summed E-state index contributed by atoms with van der Waals surface area (Å²) in [5, 5.41) is 8.13. The summed E-state index contributed by atoms with van der Waals surface area (Å²) >= 11 is 6.02. The quantitative estimate of drug-likeness (QED) is 0.808. The molecule has 0 aliphatic heterocycles. The fourth-order valence-electron chi connectivity index (χ4n) is 1.65. The van der Waals surface area contributed by atoms with Gasteiger partial charge < -0.3 is 10.1 Å². The second-order valence-electron chi connectivity index (χ2n) is 3.78. The molecule has 96 valence electrons. The molecule has 1 aromatic heterocycles. The molecule has 1 N–H and O–H groups in total. The molecule has 0 amide bonds. The molecule has 0 bridgehead atoms. The topological polar surface area (TPSA) is 52.0 Å². The van der Waals surface area contributed by atoms with Gasteiger partial charge in [0.15, 0.2) is 0 Å². The van der Waals surface area contributed by atoms with Crippen LogP contribution in [-0.2, 0) is 11.3 Å². The molecule has 18 heavy (non-hydrogen) atoms. The van der Waals surface area contributed by atoms with Crippen LogP contribution >= 0.6 is 11.6 Å². The van der Waals surface area contributed by atoms with Gasteiger partial charge in [0.05, 0.1) is 12.3 Å². The zero-order valence-corrected chi connectivity index (χ0v) is 10.9. The van der Waals surface area contributed by atoms with E-state index in [-0.39, 0.29) is 0 Å². The highest BCUT2D eigenvalue weighted by atomic mass is 35.5. The lowest BCUT2D eigenvalue weighted by Crippen LogP contribution is -2.19. The van der Waals surface area contributed by atoms with Crippen molar-refractivity contribution in [3.05, 3.63) is 41.4 Å². The summed E-state index contributed by atoms with van der Waals surface area (Å²) in [6.45, 7) is 2.18. The van der Waals surface area contributed by atoms with Crippen molar-refractivity contribution < 1.29 is 4.74 Å². The number of nitrogens with one attached hydrogen (secondary N) is 1. The highest BCUT2D eigenvalue weighted by Crippen LogP contribution is 2.18. The molecule has 2 rings (SSSR count). The van der Waals surface area contributed by atoms with Crippen LogP contribution in [0.4, 0.5) is 0 Å². The minimum atomic E-state index is 0.680. The Bertz CT molecular complexity index is 487. The lowest BCUT2D eigenvalue weighted by Gasteiger charge is -2.10. The number of halogens is 1. The maximum Gasteiger partial charge on any atom is 0.138 e. The molecule has 0 radical (unpaired) electrons. The number of rotatable bonds is 6. The van der Waals surface area contributed by atoms with Crippen molar-refractivity contribution in [1.29, 1.82) is 0 Å². The number of hydrogen-bond acceptors (Lipinski definition) is 4. The first-order valence-corrected chi connectivity index (χ1v) is 6.02. The Labute approximate surface area is 111 Å². The predicted octanol–water partition coefficient (Wildman–Crippen LogP) is 1.66. The molecule has 0 fully saturated rings. The molecule has 6 heteroatoms. The zero-order valence-electron chi connectivity index (χ0n) is 10.1. The molecule has 0 saturated heterocycles. The normalized spacial score (nSPS) is 10.8. The van der Waals surface area contributed by atoms with E-state index in [4.69, 9.17) is 16.3 Å². The van der Waals surface area contributed by atoms with Crippen molar-refractivity contribution in [1.82, 2.24) is 20.1 Å². The minimum Gasteiger partial charge on any atom is -0.383 e. The number of benzene rings is 1. The van der Waals surface area contributed by atoms with E-state index in [1.807, 2.05) is 18.2 Å². The van der Waals surface area contributed by atoms with E-state index < -0.39 is 0 Å². The Kier molecular flexibility index (Phi) is 4.69. The van der Waals surface area contributed by atoms with Gasteiger partial charge in [0.25, 0.3) is 0 Å². The van der Waals surface area contributed by atoms with Crippen LogP contribution in [0.25, 0.3) is 5.69 Å². The van der Waals surface area contributed by atoms with Crippen LogP contribution in [0.2, 0.25) is 5.02 Å². The van der Waals surface area contributed by atoms with Gasteiger partial charge >= 0.3 is 0 Å². The summed E-state index contributed by atoms with van der Waals surface area (Å²) in [6, 6.07) is 5.71. The van der Waals surface area contributed by atoms with Gasteiger partial charge in [-0.15, -0.1) is 0 Å². The Morgan fingerprint density at radius 3 is 3.06 bits per heavy atom. The van der Waals surface area contributed by atoms with E-state index >= 15 is 0 Å². The molecule has 0 aliphatic rings. The monoisotopic (exact) mass is 266 g/mol. The summed E-state index contributed by atoms with van der Waals surface area (Å²) < 4.78 is 6.72. The largest absolute Gasteiger partial charge is 0.383 e. The summed E-state index contributed by atoms with van der Waals surface area (Å²) in [7, 11) is 1.68. The average molecular weight is 267 g/mol. The molecular formula is C12H15ClN4O. The molecule has 0 saturated carbocycles. The Balaban J connectivity index is 2.14. The van der Waals surface area contributed by atoms with E-state index in [0.717, 1.165) is 17.8 Å². The van der Waals surface area contributed by atoms with E-state index in [2.05, 4.69) is 15.4 Å². The first-order valence-electron chi connectivity index (χ1n) is 5.64. The Hall–Kier alpha value is -1.43. The minimum absolute atomic E-state index is 0.680. The summed E-state index contributed by atoms with van der Waals surface area (Å²) in [6.07, 6.45) is 3.18. The lowest BCUT2D eigenvalue weighted by molar-refractivity contribution is 0.199. The van der Waals surface area contributed by atoms with Crippen molar-refractivity contribution >= 4 is 11.6 Å². The summed E-state index contributed by atoms with van der Waals surface area (Å²) in [4.78, 5) is 3.95. The maximum absolute atomic E-state index is 6.02. The fourth-order valence-corrected chi connectivity index (χ4v) is 1.84. The van der Waals surface area contributed by atoms with Crippen LogP contribution in [0.3, 0.4) is 0 Å². The second kappa shape index (κ2) is 6.49. The molecule has 2 aromatic rings. The third-order valence-corrected chi connectivity index (χ3v) is 2.74. The summed E-state index contributed by atoms with van der Waals surface area (Å²) in [5.41, 5.74) is 2.05. The summed E-state index contributed by atoms with van der Waals surface area (Å²) in [5.74, 6) is 0. The molecular weight excluding hydrogens is 252 g/mol. The van der Waals surface area contributed by atoms with Crippen LogP contribution in [0.1, 0.15) is 5.56 Å². The smallest absolute Gasteiger partial charge is 0.138 e. The van der Waals surface area contributed by atoms with Crippen molar-refractivity contribution in [3.63, 3.8) is 0 Å². The SMILES string of the molecule is COCCNCc1cc(Cl)ccc1-n1cncn1. The van der Waals surface area contributed by atoms with E-state index in [1.54, 1.807) is 18.1 Å². The van der Waals surface area contributed by atoms with E-state index in [1.165, 1.54) is 6.33 Å². The van der Waals surface area contributed by atoms with Gasteiger partial charge in [-0.2, -0.15) is 5.10 Å². The highest BCUT2D eigenvalue weighted by Gasteiger charge is 2.06. The first-order chi connectivity index (χ1) is 8.81. The van der Waals surface area contributed by atoms with Gasteiger partial charge in [-0.05, 0) is 23.8 Å². The number of aromatic nitrogens is 3. The number of methoxy groups -OCH3 is 1. The van der Waals surface area contributed by atoms with Crippen LogP contribution in [0.5, 0.6) is 0 Å². The molecule has 0 atom stereocenters. The highest BCUT2D eigenvalue weighted by molar-refractivity contribution is 6.30. The van der Waals surface area contributed by atoms with Crippen molar-refractivity contribution in [2.75, 3.05) is 20.3 Å². The first kappa shape index (κ1) is 13.0. The average Bonchev–Trinajstić information content (AvgIpc) is 2.88. The van der Waals surface area contributed by atoms with Crippen LogP contribution < -0.4 is 5.32 Å². The van der Waals surface area contributed by atoms with Crippen LogP contribution in [0, 0.1) is 0 Å². The molecule has 0 aliphatic carbocycles. The predicted molar refractivity (Wildman–Crippen MR) is 70.0 cm³/mol. The van der Waals surface area contributed by atoms with E-state index in [9.17, 15) is 0 Å². The molecule has 0 unspecified atom stereocenters. The Morgan fingerprint density at radius 1 is 1.44 bits per heavy atom. The number of hydrogen-bond donors (Lipinski definition) is 1. The van der Waals surface area contributed by atoms with Crippen molar-refractivity contribution in [2.24, 2.45) is 0 Å². The number of nitrogens with zero attached hydrogens (tertiary/aromatic N) is 3. The molecule has 1 heterocycles.